The number of rotatable bonds is 42. The SMILES string of the molecule is CCCCCCCCCCCCCCCCCC(=O)O[C@H](COC(=O)CCC/C=C\C/C=C\C/C=C\C=C\C(=O)CCCCC)COP(=O)(O)OC[C@@H](O)COP(=O)(O)O. The minimum atomic E-state index is -4.87. The lowest BCUT2D eigenvalue weighted by Crippen LogP contribution is -2.30. The topological polar surface area (TPSA) is 212 Å². The third-order valence-corrected chi connectivity index (χ3v) is 10.6. The molecule has 0 saturated carbocycles. The second-order valence-corrected chi connectivity index (χ2v) is 17.7. The van der Waals surface area contributed by atoms with E-state index in [0.29, 0.717) is 25.7 Å². The first kappa shape index (κ1) is 57.8. The number of hydrogen-bond donors (Lipinski definition) is 4. The summed E-state index contributed by atoms with van der Waals surface area (Å²) in [5, 5.41) is 9.74. The van der Waals surface area contributed by atoms with E-state index in [-0.39, 0.29) is 18.6 Å². The Hall–Kier alpha value is -2.25. The summed E-state index contributed by atoms with van der Waals surface area (Å²) in [5.41, 5.74) is 0. The summed E-state index contributed by atoms with van der Waals surface area (Å²) in [7, 11) is -9.70. The average Bonchev–Trinajstić information content (AvgIpc) is 3.20. The Morgan fingerprint density at radius 2 is 1.02 bits per heavy atom. The van der Waals surface area contributed by atoms with Crippen molar-refractivity contribution in [3.63, 3.8) is 0 Å². The van der Waals surface area contributed by atoms with E-state index in [1.165, 1.54) is 64.2 Å². The molecule has 0 aromatic rings. The minimum absolute atomic E-state index is 0.0937. The van der Waals surface area contributed by atoms with Crippen LogP contribution in [-0.2, 0) is 46.6 Å². The minimum Gasteiger partial charge on any atom is -0.462 e. The highest BCUT2D eigenvalue weighted by molar-refractivity contribution is 7.47. The van der Waals surface area contributed by atoms with Crippen molar-refractivity contribution in [1.82, 2.24) is 0 Å². The largest absolute Gasteiger partial charge is 0.472 e. The van der Waals surface area contributed by atoms with Gasteiger partial charge in [-0.15, -0.1) is 0 Å². The molecule has 0 bridgehead atoms. The van der Waals surface area contributed by atoms with Crippen LogP contribution in [0.15, 0.2) is 48.6 Å². The maximum atomic E-state index is 12.7. The summed E-state index contributed by atoms with van der Waals surface area (Å²) in [5.74, 6) is -0.981. The molecular formula is C44H78O14P2. The Morgan fingerprint density at radius 1 is 0.533 bits per heavy atom. The van der Waals surface area contributed by atoms with Gasteiger partial charge in [0.1, 0.15) is 12.7 Å². The van der Waals surface area contributed by atoms with Crippen molar-refractivity contribution >= 4 is 33.4 Å². The van der Waals surface area contributed by atoms with Crippen LogP contribution in [0, 0.1) is 0 Å². The second kappa shape index (κ2) is 39.6. The first-order chi connectivity index (χ1) is 28.8. The quantitative estimate of drug-likeness (QED) is 0.0112. The Morgan fingerprint density at radius 3 is 1.62 bits per heavy atom. The van der Waals surface area contributed by atoms with E-state index in [1.807, 2.05) is 36.5 Å². The van der Waals surface area contributed by atoms with Crippen molar-refractivity contribution < 1.29 is 66.3 Å². The van der Waals surface area contributed by atoms with Gasteiger partial charge in [0.25, 0.3) is 0 Å². The lowest BCUT2D eigenvalue weighted by molar-refractivity contribution is -0.161. The van der Waals surface area contributed by atoms with Gasteiger partial charge < -0.3 is 29.3 Å². The van der Waals surface area contributed by atoms with E-state index in [9.17, 15) is 33.5 Å². The van der Waals surface area contributed by atoms with E-state index in [4.69, 9.17) is 23.8 Å². The van der Waals surface area contributed by atoms with Crippen LogP contribution in [-0.4, -0.2) is 76.1 Å². The smallest absolute Gasteiger partial charge is 0.462 e. The second-order valence-electron chi connectivity index (χ2n) is 15.0. The third kappa shape index (κ3) is 42.4. The van der Waals surface area contributed by atoms with Crippen molar-refractivity contribution in [1.29, 1.82) is 0 Å². The predicted octanol–water partition coefficient (Wildman–Crippen LogP) is 10.6. The number of phosphoric acid groups is 2. The van der Waals surface area contributed by atoms with Gasteiger partial charge in [-0.05, 0) is 44.6 Å². The van der Waals surface area contributed by atoms with E-state index in [0.717, 1.165) is 57.8 Å². The fourth-order valence-corrected chi connectivity index (χ4v) is 6.92. The van der Waals surface area contributed by atoms with Gasteiger partial charge in [-0.25, -0.2) is 9.13 Å². The molecule has 0 saturated heterocycles. The predicted molar refractivity (Wildman–Crippen MR) is 235 cm³/mol. The molecule has 0 aliphatic carbocycles. The maximum absolute atomic E-state index is 12.7. The zero-order chi connectivity index (χ0) is 44.6. The van der Waals surface area contributed by atoms with E-state index >= 15 is 0 Å². The lowest BCUT2D eigenvalue weighted by atomic mass is 10.0. The van der Waals surface area contributed by atoms with Crippen LogP contribution in [0.5, 0.6) is 0 Å². The van der Waals surface area contributed by atoms with Crippen LogP contribution in [0.1, 0.15) is 174 Å². The number of aliphatic hydroxyl groups excluding tert-OH is 1. The third-order valence-electron chi connectivity index (χ3n) is 9.19. The summed E-state index contributed by atoms with van der Waals surface area (Å²) in [6.07, 6.45) is 36.6. The number of aliphatic hydroxyl groups is 1. The number of hydrogen-bond acceptors (Lipinski definition) is 11. The molecule has 0 fully saturated rings. The number of esters is 2. The molecule has 0 aliphatic heterocycles. The first-order valence-electron chi connectivity index (χ1n) is 22.3. The number of allylic oxidation sites excluding steroid dienone is 8. The molecule has 0 aromatic heterocycles. The summed E-state index contributed by atoms with van der Waals surface area (Å²) in [4.78, 5) is 64.4. The molecule has 348 valence electrons. The Balaban J connectivity index is 4.62. The van der Waals surface area contributed by atoms with E-state index < -0.39 is 66.2 Å². The number of unbranched alkanes of at least 4 members (excludes halogenated alkanes) is 17. The molecule has 0 amide bonds. The normalized spacial score (nSPS) is 14.4. The van der Waals surface area contributed by atoms with Crippen LogP contribution in [0.2, 0.25) is 0 Å². The molecule has 60 heavy (non-hydrogen) atoms. The molecule has 1 unspecified atom stereocenters. The molecular weight excluding hydrogens is 814 g/mol. The number of ketones is 1. The van der Waals surface area contributed by atoms with Gasteiger partial charge in [0.15, 0.2) is 11.9 Å². The van der Waals surface area contributed by atoms with Crippen LogP contribution < -0.4 is 0 Å². The number of phosphoric ester groups is 2. The fraction of sp³-hybridized carbons (Fsp3) is 0.750. The summed E-state index contributed by atoms with van der Waals surface area (Å²) in [6.45, 7) is 1.53. The lowest BCUT2D eigenvalue weighted by Gasteiger charge is -2.20. The van der Waals surface area contributed by atoms with Crippen molar-refractivity contribution in [3.8, 4) is 0 Å². The first-order valence-corrected chi connectivity index (χ1v) is 25.3. The van der Waals surface area contributed by atoms with Crippen LogP contribution in [0.3, 0.4) is 0 Å². The van der Waals surface area contributed by atoms with Gasteiger partial charge in [0, 0.05) is 19.3 Å². The Labute approximate surface area is 360 Å². The van der Waals surface area contributed by atoms with Gasteiger partial charge in [-0.3, -0.25) is 28.0 Å². The van der Waals surface area contributed by atoms with Gasteiger partial charge in [-0.1, -0.05) is 159 Å². The van der Waals surface area contributed by atoms with Gasteiger partial charge >= 0.3 is 27.6 Å². The zero-order valence-corrected chi connectivity index (χ0v) is 38.3. The fourth-order valence-electron chi connectivity index (χ4n) is 5.77. The highest BCUT2D eigenvalue weighted by Crippen LogP contribution is 2.43. The molecule has 0 aromatic carbocycles. The van der Waals surface area contributed by atoms with Crippen molar-refractivity contribution in [3.05, 3.63) is 48.6 Å². The maximum Gasteiger partial charge on any atom is 0.472 e. The highest BCUT2D eigenvalue weighted by atomic mass is 31.2. The molecule has 0 radical (unpaired) electrons. The molecule has 0 spiro atoms. The molecule has 0 heterocycles. The standard InChI is InChI=1S/C44H78O14P2/c1-3-5-7-8-9-10-11-12-13-14-17-21-24-27-31-35-44(48)58-42(39-57-60(52,53)56-37-41(46)36-55-59(49,50)51)38-54-43(47)34-30-26-23-20-18-15-16-19-22-25-29-33-40(45)32-28-6-4-2/h15-16,20,22-23,25,29,33,41-42,46H,3-14,17-19,21,24,26-28,30-32,34-39H2,1-2H3,(H,52,53)(H2,49,50,51)/b16-15-,23-20-,25-22-,33-29+/t41-,42+/m0/s1. The van der Waals surface area contributed by atoms with E-state index in [2.05, 4.69) is 22.9 Å². The van der Waals surface area contributed by atoms with Gasteiger partial charge in [0.05, 0.1) is 19.8 Å². The molecule has 0 rings (SSSR count). The van der Waals surface area contributed by atoms with Gasteiger partial charge in [-0.2, -0.15) is 0 Å². The average molecular weight is 893 g/mol. The van der Waals surface area contributed by atoms with Crippen LogP contribution in [0.25, 0.3) is 0 Å². The summed E-state index contributed by atoms with van der Waals surface area (Å²) in [6, 6.07) is 0. The van der Waals surface area contributed by atoms with Crippen molar-refractivity contribution in [2.75, 3.05) is 26.4 Å². The summed E-state index contributed by atoms with van der Waals surface area (Å²) >= 11 is 0. The van der Waals surface area contributed by atoms with E-state index in [1.54, 1.807) is 12.2 Å². The molecule has 4 N–H and O–H groups in total. The summed E-state index contributed by atoms with van der Waals surface area (Å²) < 4.78 is 47.7. The van der Waals surface area contributed by atoms with Crippen molar-refractivity contribution in [2.24, 2.45) is 0 Å². The number of carbonyl (C=O) groups excluding carboxylic acids is 3. The van der Waals surface area contributed by atoms with Crippen LogP contribution >= 0.6 is 15.6 Å². The van der Waals surface area contributed by atoms with Crippen molar-refractivity contribution in [2.45, 2.75) is 187 Å². The molecule has 16 heteroatoms. The monoisotopic (exact) mass is 892 g/mol. The molecule has 14 nitrogen and oxygen atoms in total. The van der Waals surface area contributed by atoms with Gasteiger partial charge in [0.2, 0.25) is 0 Å². The molecule has 0 aliphatic rings. The number of carbonyl (C=O) groups is 3. The number of ether oxygens (including phenoxy) is 2. The molecule has 3 atom stereocenters. The van der Waals surface area contributed by atoms with Crippen LogP contribution in [0.4, 0.5) is 0 Å². The Kier molecular flexibility index (Phi) is 38.1. The zero-order valence-electron chi connectivity index (χ0n) is 36.5. The Bertz CT molecular complexity index is 1310. The highest BCUT2D eigenvalue weighted by Gasteiger charge is 2.28.